The Morgan fingerprint density at radius 2 is 1.32 bits per heavy atom. The molecule has 0 bridgehead atoms. The van der Waals surface area contributed by atoms with E-state index >= 15 is 0 Å². The maximum atomic E-state index is 12.5. The van der Waals surface area contributed by atoms with Crippen molar-refractivity contribution in [2.75, 3.05) is 6.61 Å². The van der Waals surface area contributed by atoms with Crippen molar-refractivity contribution in [1.82, 2.24) is 0 Å². The molecule has 41 heavy (non-hydrogen) atoms. The third-order valence-electron chi connectivity index (χ3n) is 7.61. The predicted octanol–water partition coefficient (Wildman–Crippen LogP) is 11.2. The van der Waals surface area contributed by atoms with Gasteiger partial charge in [0, 0.05) is 0 Å². The summed E-state index contributed by atoms with van der Waals surface area (Å²) in [6.45, 7) is 7.12. The summed E-state index contributed by atoms with van der Waals surface area (Å²) in [7, 11) is 0. The van der Waals surface area contributed by atoms with Crippen LogP contribution in [0.25, 0.3) is 22.3 Å². The van der Waals surface area contributed by atoms with E-state index in [2.05, 4.69) is 13.8 Å². The molecular weight excluding hydrogens is 510 g/mol. The molecule has 0 aliphatic carbocycles. The highest BCUT2D eigenvalue weighted by atomic mass is 16.6. The van der Waals surface area contributed by atoms with Crippen LogP contribution in [-0.2, 0) is 0 Å². The Morgan fingerprint density at radius 1 is 0.707 bits per heavy atom. The van der Waals surface area contributed by atoms with Gasteiger partial charge in [0.2, 0.25) is 0 Å². The van der Waals surface area contributed by atoms with E-state index in [0.29, 0.717) is 17.9 Å². The zero-order valence-electron chi connectivity index (χ0n) is 25.4. The average molecular weight is 560 g/mol. The summed E-state index contributed by atoms with van der Waals surface area (Å²) in [5.41, 5.74) is 3.11. The molecule has 0 saturated heterocycles. The number of nitro benzene ring substituents is 1. The lowest BCUT2D eigenvalue weighted by Crippen LogP contribution is -2.13. The van der Waals surface area contributed by atoms with E-state index in [1.165, 1.54) is 57.8 Å². The molecule has 0 aromatic heterocycles. The lowest BCUT2D eigenvalue weighted by atomic mass is 9.92. The van der Waals surface area contributed by atoms with Crippen LogP contribution in [0, 0.1) is 10.1 Å². The van der Waals surface area contributed by atoms with E-state index in [0.717, 1.165) is 48.1 Å². The number of hydrogen-bond acceptors (Lipinski definition) is 4. The third kappa shape index (κ3) is 10.5. The van der Waals surface area contributed by atoms with Gasteiger partial charge in [-0.05, 0) is 67.1 Å². The minimum atomic E-state index is -0.298. The summed E-state index contributed by atoms with van der Waals surface area (Å²) in [6.07, 6.45) is 15.4. The van der Waals surface area contributed by atoms with Crippen LogP contribution in [0.15, 0.2) is 66.7 Å². The monoisotopic (exact) mass is 559 g/mol. The van der Waals surface area contributed by atoms with Crippen LogP contribution in [0.2, 0.25) is 0 Å². The number of ether oxygens (including phenoxy) is 2. The Labute approximate surface area is 247 Å². The number of rotatable bonds is 20. The van der Waals surface area contributed by atoms with Crippen molar-refractivity contribution in [3.63, 3.8) is 0 Å². The molecule has 5 nitrogen and oxygen atoms in total. The summed E-state index contributed by atoms with van der Waals surface area (Å²) in [4.78, 5) is 12.3. The molecule has 0 heterocycles. The molecule has 0 aliphatic rings. The summed E-state index contributed by atoms with van der Waals surface area (Å²) in [6, 6.07) is 21.2. The molecule has 0 spiro atoms. The molecule has 0 saturated carbocycles. The van der Waals surface area contributed by atoms with Crippen LogP contribution in [0.1, 0.15) is 104 Å². The maximum absolute atomic E-state index is 12.5. The smallest absolute Gasteiger partial charge is 0.319 e. The van der Waals surface area contributed by atoms with Gasteiger partial charge >= 0.3 is 5.69 Å². The molecule has 5 heteroatoms. The van der Waals surface area contributed by atoms with Gasteiger partial charge in [-0.25, -0.2) is 0 Å². The standard InChI is InChI=1S/C36H49NO4/c1-4-6-8-10-11-12-13-18-28-40-32-24-22-31(23-25-32)35-33(30-20-16-14-17-21-30)26-27-34(36(35)37(38)39)41-29(3)19-15-9-7-5-2/h14,16-17,20-27,29H,4-13,15,18-19,28H2,1-3H3/t29-/m1/s1. The second-order valence-corrected chi connectivity index (χ2v) is 11.1. The Hall–Kier alpha value is -3.34. The Morgan fingerprint density at radius 3 is 1.95 bits per heavy atom. The van der Waals surface area contributed by atoms with Gasteiger partial charge in [0.05, 0.1) is 23.2 Å². The van der Waals surface area contributed by atoms with Crippen molar-refractivity contribution < 1.29 is 14.4 Å². The van der Waals surface area contributed by atoms with Crippen molar-refractivity contribution in [3.8, 4) is 33.8 Å². The minimum Gasteiger partial charge on any atom is -0.494 e. The van der Waals surface area contributed by atoms with Gasteiger partial charge < -0.3 is 9.47 Å². The van der Waals surface area contributed by atoms with Crippen LogP contribution in [-0.4, -0.2) is 17.6 Å². The fraction of sp³-hybridized carbons (Fsp3) is 0.500. The molecule has 1 atom stereocenters. The van der Waals surface area contributed by atoms with Crippen LogP contribution in [0.5, 0.6) is 11.5 Å². The molecule has 0 aliphatic heterocycles. The minimum absolute atomic E-state index is 0.0133. The zero-order chi connectivity index (χ0) is 29.3. The Kier molecular flexibility index (Phi) is 14.3. The number of benzene rings is 3. The fourth-order valence-corrected chi connectivity index (χ4v) is 5.28. The topological polar surface area (TPSA) is 61.6 Å². The van der Waals surface area contributed by atoms with Crippen molar-refractivity contribution in [3.05, 3.63) is 76.8 Å². The van der Waals surface area contributed by atoms with E-state index in [1.807, 2.05) is 67.6 Å². The van der Waals surface area contributed by atoms with Gasteiger partial charge in [0.25, 0.3) is 0 Å². The lowest BCUT2D eigenvalue weighted by molar-refractivity contribution is -0.385. The summed E-state index contributed by atoms with van der Waals surface area (Å²) >= 11 is 0. The molecule has 222 valence electrons. The quantitative estimate of drug-likeness (QED) is 0.0784. The Bertz CT molecular complexity index is 1160. The third-order valence-corrected chi connectivity index (χ3v) is 7.61. The van der Waals surface area contributed by atoms with Crippen molar-refractivity contribution in [2.45, 2.75) is 110 Å². The van der Waals surface area contributed by atoms with Crippen molar-refractivity contribution >= 4 is 5.69 Å². The fourth-order valence-electron chi connectivity index (χ4n) is 5.28. The first-order chi connectivity index (χ1) is 20.0. The van der Waals surface area contributed by atoms with E-state index < -0.39 is 0 Å². The molecule has 0 amide bonds. The highest BCUT2D eigenvalue weighted by Crippen LogP contribution is 2.45. The summed E-state index contributed by atoms with van der Waals surface area (Å²) in [5, 5.41) is 12.5. The molecule has 0 fully saturated rings. The highest BCUT2D eigenvalue weighted by molar-refractivity contribution is 5.91. The van der Waals surface area contributed by atoms with Crippen molar-refractivity contribution in [1.29, 1.82) is 0 Å². The molecule has 0 unspecified atom stereocenters. The predicted molar refractivity (Wildman–Crippen MR) is 171 cm³/mol. The van der Waals surface area contributed by atoms with E-state index in [1.54, 1.807) is 6.07 Å². The van der Waals surface area contributed by atoms with Gasteiger partial charge in [-0.15, -0.1) is 0 Å². The molecule has 3 aromatic carbocycles. The molecular formula is C36H49NO4. The van der Waals surface area contributed by atoms with Crippen molar-refractivity contribution in [2.24, 2.45) is 0 Å². The Balaban J connectivity index is 1.77. The molecule has 3 rings (SSSR count). The van der Waals surface area contributed by atoms with E-state index in [4.69, 9.17) is 9.47 Å². The zero-order valence-corrected chi connectivity index (χ0v) is 25.4. The van der Waals surface area contributed by atoms with E-state index in [9.17, 15) is 10.1 Å². The number of hydrogen-bond donors (Lipinski definition) is 0. The van der Waals surface area contributed by atoms with Gasteiger partial charge in [-0.3, -0.25) is 10.1 Å². The molecule has 0 radical (unpaired) electrons. The first-order valence-electron chi connectivity index (χ1n) is 15.8. The first-order valence-corrected chi connectivity index (χ1v) is 15.8. The highest BCUT2D eigenvalue weighted by Gasteiger charge is 2.27. The number of nitro groups is 1. The van der Waals surface area contributed by atoms with Gasteiger partial charge in [0.1, 0.15) is 5.75 Å². The van der Waals surface area contributed by atoms with Crippen LogP contribution in [0.3, 0.4) is 0 Å². The molecule has 0 N–H and O–H groups in total. The van der Waals surface area contributed by atoms with E-state index in [-0.39, 0.29) is 16.7 Å². The van der Waals surface area contributed by atoms with Gasteiger partial charge in [-0.1, -0.05) is 121 Å². The van der Waals surface area contributed by atoms with Gasteiger partial charge in [-0.2, -0.15) is 0 Å². The summed E-state index contributed by atoms with van der Waals surface area (Å²) < 4.78 is 12.2. The average Bonchev–Trinajstić information content (AvgIpc) is 2.99. The summed E-state index contributed by atoms with van der Waals surface area (Å²) in [5.74, 6) is 1.11. The second kappa shape index (κ2) is 18.2. The van der Waals surface area contributed by atoms with Gasteiger partial charge in [0.15, 0.2) is 5.75 Å². The normalized spacial score (nSPS) is 11.8. The van der Waals surface area contributed by atoms with Crippen LogP contribution < -0.4 is 9.47 Å². The largest absolute Gasteiger partial charge is 0.494 e. The van der Waals surface area contributed by atoms with Crippen LogP contribution >= 0.6 is 0 Å². The molecule has 3 aromatic rings. The number of unbranched alkanes of at least 4 members (excludes halogenated alkanes) is 10. The van der Waals surface area contributed by atoms with Crippen LogP contribution in [0.4, 0.5) is 5.69 Å². The first kappa shape index (κ1) is 32.2. The second-order valence-electron chi connectivity index (χ2n) is 11.1. The number of nitrogens with zero attached hydrogens (tertiary/aromatic N) is 1. The lowest BCUT2D eigenvalue weighted by Gasteiger charge is -2.18. The SMILES string of the molecule is CCCCCCCCCCOc1ccc(-c2c(-c3ccccc3)ccc(O[C@H](C)CCCCCC)c2[N+](=O)[O-])cc1. The maximum Gasteiger partial charge on any atom is 0.319 e.